The van der Waals surface area contributed by atoms with Gasteiger partial charge < -0.3 is 9.32 Å². The summed E-state index contributed by atoms with van der Waals surface area (Å²) in [5.41, 5.74) is 19.3. The van der Waals surface area contributed by atoms with Gasteiger partial charge in [-0.25, -0.2) is 0 Å². The molecule has 0 aliphatic rings. The molecular weight excluding hydrogens is 775 g/mol. The van der Waals surface area contributed by atoms with Crippen LogP contribution in [0.15, 0.2) is 265 Å². The molecule has 0 spiro atoms. The monoisotopic (exact) mass is 817 g/mol. The summed E-state index contributed by atoms with van der Waals surface area (Å²) in [6, 6.07) is 93.0. The molecule has 11 aromatic rings. The Morgan fingerprint density at radius 2 is 0.672 bits per heavy atom. The maximum absolute atomic E-state index is 6.56. The van der Waals surface area contributed by atoms with Crippen molar-refractivity contribution in [2.75, 3.05) is 4.90 Å². The Balaban J connectivity index is 0.919. The van der Waals surface area contributed by atoms with Gasteiger partial charge in [0.15, 0.2) is 0 Å². The number of nitrogens with zero attached hydrogens (tertiary/aromatic N) is 1. The fraction of sp³-hybridized carbons (Fsp3) is 0. The molecule has 0 bridgehead atoms. The molecule has 0 fully saturated rings. The molecule has 0 aliphatic carbocycles. The normalized spacial score (nSPS) is 11.1. The van der Waals surface area contributed by atoms with Crippen LogP contribution in [-0.4, -0.2) is 0 Å². The molecule has 0 amide bonds. The van der Waals surface area contributed by atoms with Gasteiger partial charge >= 0.3 is 0 Å². The van der Waals surface area contributed by atoms with Crippen molar-refractivity contribution >= 4 is 28.0 Å². The topological polar surface area (TPSA) is 16.4 Å². The van der Waals surface area contributed by atoms with E-state index in [0.717, 1.165) is 72.7 Å². The number of furan rings is 1. The molecule has 0 aliphatic heterocycles. The third kappa shape index (κ3) is 7.48. The second kappa shape index (κ2) is 17.1. The molecule has 0 saturated heterocycles. The number of anilines is 3. The second-order valence-corrected chi connectivity index (χ2v) is 16.1. The number of fused-ring (bicyclic) bond motifs is 1. The lowest BCUT2D eigenvalue weighted by atomic mass is 9.94. The minimum atomic E-state index is 0.885. The number of hydrogen-bond acceptors (Lipinski definition) is 2. The van der Waals surface area contributed by atoms with Gasteiger partial charge in [0.05, 0.1) is 5.69 Å². The molecule has 2 nitrogen and oxygen atoms in total. The van der Waals surface area contributed by atoms with Gasteiger partial charge in [-0.1, -0.05) is 218 Å². The van der Waals surface area contributed by atoms with Crippen molar-refractivity contribution in [2.24, 2.45) is 0 Å². The lowest BCUT2D eigenvalue weighted by molar-refractivity contribution is 0.632. The van der Waals surface area contributed by atoms with Gasteiger partial charge in [0.2, 0.25) is 0 Å². The smallest absolute Gasteiger partial charge is 0.143 e. The summed E-state index contributed by atoms with van der Waals surface area (Å²) in [5.74, 6) is 0.885. The van der Waals surface area contributed by atoms with Gasteiger partial charge in [0.25, 0.3) is 0 Å². The molecule has 0 N–H and O–H groups in total. The Bertz CT molecular complexity index is 3330. The van der Waals surface area contributed by atoms with Gasteiger partial charge in [-0.2, -0.15) is 0 Å². The summed E-state index contributed by atoms with van der Waals surface area (Å²) >= 11 is 0. The average Bonchev–Trinajstić information content (AvgIpc) is 3.78. The van der Waals surface area contributed by atoms with Crippen LogP contribution in [0.5, 0.6) is 0 Å². The summed E-state index contributed by atoms with van der Waals surface area (Å²) in [7, 11) is 0. The van der Waals surface area contributed by atoms with E-state index in [1.807, 2.05) is 12.1 Å². The standard InChI is InChI=1S/C62H43NO/c1-4-17-47(18-5-1)55-25-10-11-26-56(55)49-37-41-54(42-38-49)63(59-29-14-12-27-57(59)48-19-6-2-7-20-48)53-39-35-45(36-40-53)44-31-33-46(34-32-44)51-23-16-24-52(43-51)62-61(50-21-8-3-9-22-50)58-28-13-15-30-60(58)64-62/h1-43H. The molecule has 1 aromatic heterocycles. The first kappa shape index (κ1) is 38.5. The van der Waals surface area contributed by atoms with E-state index >= 15 is 0 Å². The highest BCUT2D eigenvalue weighted by Crippen LogP contribution is 2.44. The van der Waals surface area contributed by atoms with Crippen LogP contribution >= 0.6 is 0 Å². The van der Waals surface area contributed by atoms with Crippen LogP contribution in [0.2, 0.25) is 0 Å². The van der Waals surface area contributed by atoms with E-state index in [1.165, 1.54) is 33.4 Å². The van der Waals surface area contributed by atoms with Crippen molar-refractivity contribution in [1.29, 1.82) is 0 Å². The lowest BCUT2D eigenvalue weighted by Gasteiger charge is -2.28. The van der Waals surface area contributed by atoms with Crippen molar-refractivity contribution < 1.29 is 4.42 Å². The van der Waals surface area contributed by atoms with Gasteiger partial charge in [-0.05, 0) is 98.1 Å². The summed E-state index contributed by atoms with van der Waals surface area (Å²) in [4.78, 5) is 2.38. The van der Waals surface area contributed by atoms with Gasteiger partial charge in [-0.3, -0.25) is 0 Å². The van der Waals surface area contributed by atoms with E-state index in [9.17, 15) is 0 Å². The van der Waals surface area contributed by atoms with Gasteiger partial charge in [0.1, 0.15) is 11.3 Å². The molecule has 64 heavy (non-hydrogen) atoms. The zero-order valence-electron chi connectivity index (χ0n) is 35.2. The Labute approximate surface area is 374 Å². The van der Waals surface area contributed by atoms with Crippen molar-refractivity contribution in [3.05, 3.63) is 261 Å². The van der Waals surface area contributed by atoms with Crippen LogP contribution in [0.3, 0.4) is 0 Å². The van der Waals surface area contributed by atoms with Crippen LogP contribution in [0.25, 0.3) is 89.1 Å². The van der Waals surface area contributed by atoms with Crippen molar-refractivity contribution in [2.45, 2.75) is 0 Å². The maximum atomic E-state index is 6.56. The van der Waals surface area contributed by atoms with Crippen LogP contribution in [0.1, 0.15) is 0 Å². The Hall–Kier alpha value is -8.46. The van der Waals surface area contributed by atoms with Crippen molar-refractivity contribution in [1.82, 2.24) is 0 Å². The minimum absolute atomic E-state index is 0.885. The fourth-order valence-corrected chi connectivity index (χ4v) is 8.99. The highest BCUT2D eigenvalue weighted by Gasteiger charge is 2.20. The van der Waals surface area contributed by atoms with Crippen molar-refractivity contribution in [3.63, 3.8) is 0 Å². The molecular formula is C62H43NO. The predicted molar refractivity (Wildman–Crippen MR) is 269 cm³/mol. The molecule has 0 radical (unpaired) electrons. The summed E-state index contributed by atoms with van der Waals surface area (Å²) in [5, 5.41) is 1.12. The quantitative estimate of drug-likeness (QED) is 0.137. The Morgan fingerprint density at radius 3 is 1.28 bits per heavy atom. The highest BCUT2D eigenvalue weighted by atomic mass is 16.3. The number of para-hydroxylation sites is 2. The van der Waals surface area contributed by atoms with Crippen LogP contribution in [-0.2, 0) is 0 Å². The number of benzene rings is 10. The second-order valence-electron chi connectivity index (χ2n) is 16.1. The first-order chi connectivity index (χ1) is 31.7. The van der Waals surface area contributed by atoms with Gasteiger partial charge in [-0.15, -0.1) is 0 Å². The van der Waals surface area contributed by atoms with E-state index in [4.69, 9.17) is 4.42 Å². The molecule has 0 unspecified atom stereocenters. The molecule has 11 rings (SSSR count). The molecule has 10 aromatic carbocycles. The fourth-order valence-electron chi connectivity index (χ4n) is 8.99. The van der Waals surface area contributed by atoms with Crippen LogP contribution < -0.4 is 4.90 Å². The van der Waals surface area contributed by atoms with E-state index in [1.54, 1.807) is 0 Å². The zero-order chi connectivity index (χ0) is 42.7. The van der Waals surface area contributed by atoms with Crippen LogP contribution in [0.4, 0.5) is 17.1 Å². The van der Waals surface area contributed by atoms with Crippen LogP contribution in [0, 0.1) is 0 Å². The Kier molecular flexibility index (Phi) is 10.3. The third-order valence-corrected chi connectivity index (χ3v) is 12.1. The van der Waals surface area contributed by atoms with Crippen molar-refractivity contribution in [3.8, 4) is 78.1 Å². The van der Waals surface area contributed by atoms with E-state index in [-0.39, 0.29) is 0 Å². The zero-order valence-corrected chi connectivity index (χ0v) is 35.2. The average molecular weight is 818 g/mol. The van der Waals surface area contributed by atoms with E-state index < -0.39 is 0 Å². The SMILES string of the molecule is c1ccc(-c2ccccc2-c2ccc(N(c3ccc(-c4ccc(-c5cccc(-c6oc7ccccc7c6-c6ccccc6)c5)cc4)cc3)c3ccccc3-c3ccccc3)cc2)cc1. The first-order valence-electron chi connectivity index (χ1n) is 21.8. The van der Waals surface area contributed by atoms with E-state index in [0.29, 0.717) is 0 Å². The molecule has 2 heteroatoms. The number of rotatable bonds is 10. The number of hydrogen-bond donors (Lipinski definition) is 0. The summed E-state index contributed by atoms with van der Waals surface area (Å²) < 4.78 is 6.56. The minimum Gasteiger partial charge on any atom is -0.455 e. The molecule has 0 saturated carbocycles. The highest BCUT2D eigenvalue weighted by molar-refractivity contribution is 6.02. The Morgan fingerprint density at radius 1 is 0.266 bits per heavy atom. The summed E-state index contributed by atoms with van der Waals surface area (Å²) in [6.45, 7) is 0. The lowest BCUT2D eigenvalue weighted by Crippen LogP contribution is -2.11. The molecule has 302 valence electrons. The predicted octanol–water partition coefficient (Wildman–Crippen LogP) is 17.6. The molecule has 1 heterocycles. The maximum Gasteiger partial charge on any atom is 0.143 e. The van der Waals surface area contributed by atoms with E-state index in [2.05, 4.69) is 254 Å². The molecule has 0 atom stereocenters. The summed E-state index contributed by atoms with van der Waals surface area (Å²) in [6.07, 6.45) is 0. The van der Waals surface area contributed by atoms with Gasteiger partial charge in [0, 0.05) is 33.5 Å². The third-order valence-electron chi connectivity index (χ3n) is 12.1. The largest absolute Gasteiger partial charge is 0.455 e. The first-order valence-corrected chi connectivity index (χ1v) is 21.8.